The standard InChI is InChI=1S/C11H9ClN2OS/c12-8-3-1-2-7(4-8)9-6-16-11(14-9)5-10(13)15/h1-4,6H,5H2,(H2,13,15). The number of halogens is 1. The van der Waals surface area contributed by atoms with Crippen LogP contribution in [0.15, 0.2) is 29.6 Å². The first-order chi connectivity index (χ1) is 7.65. The molecule has 0 fully saturated rings. The summed E-state index contributed by atoms with van der Waals surface area (Å²) in [6.07, 6.45) is 0.186. The molecule has 2 rings (SSSR count). The molecule has 3 nitrogen and oxygen atoms in total. The third-order valence-electron chi connectivity index (χ3n) is 2.00. The Hall–Kier alpha value is -1.39. The quantitative estimate of drug-likeness (QED) is 0.913. The van der Waals surface area contributed by atoms with E-state index in [4.69, 9.17) is 17.3 Å². The van der Waals surface area contributed by atoms with Crippen molar-refractivity contribution in [2.75, 3.05) is 0 Å². The van der Waals surface area contributed by atoms with E-state index in [0.717, 1.165) is 16.3 Å². The number of hydrogen-bond donors (Lipinski definition) is 1. The molecule has 5 heteroatoms. The Morgan fingerprint density at radius 1 is 1.50 bits per heavy atom. The van der Waals surface area contributed by atoms with Crippen molar-refractivity contribution >= 4 is 28.8 Å². The van der Waals surface area contributed by atoms with E-state index >= 15 is 0 Å². The lowest BCUT2D eigenvalue weighted by Gasteiger charge is -1.96. The lowest BCUT2D eigenvalue weighted by atomic mass is 10.2. The van der Waals surface area contributed by atoms with Crippen LogP contribution in [0.4, 0.5) is 0 Å². The summed E-state index contributed by atoms with van der Waals surface area (Å²) >= 11 is 7.31. The van der Waals surface area contributed by atoms with Gasteiger partial charge in [0.05, 0.1) is 12.1 Å². The highest BCUT2D eigenvalue weighted by molar-refractivity contribution is 7.10. The summed E-state index contributed by atoms with van der Waals surface area (Å²) in [5, 5.41) is 3.29. The van der Waals surface area contributed by atoms with Gasteiger partial charge in [0.1, 0.15) is 5.01 Å². The maximum atomic E-state index is 10.7. The Morgan fingerprint density at radius 2 is 2.31 bits per heavy atom. The Bertz CT molecular complexity index is 524. The van der Waals surface area contributed by atoms with Gasteiger partial charge in [0.15, 0.2) is 0 Å². The maximum absolute atomic E-state index is 10.7. The van der Waals surface area contributed by atoms with Crippen molar-refractivity contribution in [3.8, 4) is 11.3 Å². The van der Waals surface area contributed by atoms with Gasteiger partial charge in [0.25, 0.3) is 0 Å². The summed E-state index contributed by atoms with van der Waals surface area (Å²) in [5.41, 5.74) is 6.87. The molecule has 0 bridgehead atoms. The van der Waals surface area contributed by atoms with Crippen LogP contribution in [0.25, 0.3) is 11.3 Å². The summed E-state index contributed by atoms with van der Waals surface area (Å²) < 4.78 is 0. The summed E-state index contributed by atoms with van der Waals surface area (Å²) in [6.45, 7) is 0. The highest BCUT2D eigenvalue weighted by Crippen LogP contribution is 2.24. The normalized spacial score (nSPS) is 10.3. The fourth-order valence-electron chi connectivity index (χ4n) is 1.32. The van der Waals surface area contributed by atoms with Gasteiger partial charge in [-0.05, 0) is 12.1 Å². The lowest BCUT2D eigenvalue weighted by molar-refractivity contribution is -0.117. The van der Waals surface area contributed by atoms with Crippen LogP contribution in [0.3, 0.4) is 0 Å². The predicted molar refractivity (Wildman–Crippen MR) is 65.5 cm³/mol. The molecule has 0 spiro atoms. The van der Waals surface area contributed by atoms with E-state index in [-0.39, 0.29) is 12.3 Å². The zero-order valence-corrected chi connectivity index (χ0v) is 9.89. The minimum atomic E-state index is -0.369. The topological polar surface area (TPSA) is 56.0 Å². The lowest BCUT2D eigenvalue weighted by Crippen LogP contribution is -2.13. The van der Waals surface area contributed by atoms with Gasteiger partial charge < -0.3 is 5.73 Å². The van der Waals surface area contributed by atoms with Crippen LogP contribution in [-0.2, 0) is 11.2 Å². The number of carbonyl (C=O) groups is 1. The molecule has 82 valence electrons. The van der Waals surface area contributed by atoms with E-state index in [1.807, 2.05) is 29.6 Å². The molecule has 2 N–H and O–H groups in total. The average Bonchev–Trinajstić information content (AvgIpc) is 2.65. The Balaban J connectivity index is 2.28. The van der Waals surface area contributed by atoms with Gasteiger partial charge in [-0.1, -0.05) is 23.7 Å². The van der Waals surface area contributed by atoms with Crippen molar-refractivity contribution in [3.05, 3.63) is 39.7 Å². The molecule has 0 unspecified atom stereocenters. The Kier molecular flexibility index (Phi) is 3.22. The van der Waals surface area contributed by atoms with Crippen LogP contribution in [0.1, 0.15) is 5.01 Å². The van der Waals surface area contributed by atoms with Crippen LogP contribution >= 0.6 is 22.9 Å². The number of benzene rings is 1. The molecule has 16 heavy (non-hydrogen) atoms. The number of hydrogen-bond acceptors (Lipinski definition) is 3. The molecule has 1 aromatic heterocycles. The molecule has 0 radical (unpaired) electrons. The van der Waals surface area contributed by atoms with Crippen LogP contribution in [0.2, 0.25) is 5.02 Å². The van der Waals surface area contributed by atoms with Crippen molar-refractivity contribution in [3.63, 3.8) is 0 Å². The second-order valence-electron chi connectivity index (χ2n) is 3.28. The second kappa shape index (κ2) is 4.63. The predicted octanol–water partition coefficient (Wildman–Crippen LogP) is 2.49. The van der Waals surface area contributed by atoms with Gasteiger partial charge in [0, 0.05) is 16.0 Å². The Morgan fingerprint density at radius 3 is 3.00 bits per heavy atom. The summed E-state index contributed by atoms with van der Waals surface area (Å²) in [4.78, 5) is 15.1. The van der Waals surface area contributed by atoms with Crippen LogP contribution in [-0.4, -0.2) is 10.9 Å². The molecule has 1 heterocycles. The van der Waals surface area contributed by atoms with Gasteiger partial charge in [-0.25, -0.2) is 4.98 Å². The van der Waals surface area contributed by atoms with Gasteiger partial charge in [-0.2, -0.15) is 0 Å². The Labute approximate surface area is 102 Å². The van der Waals surface area contributed by atoms with Crippen LogP contribution in [0, 0.1) is 0 Å². The largest absolute Gasteiger partial charge is 0.369 e. The zero-order chi connectivity index (χ0) is 11.5. The second-order valence-corrected chi connectivity index (χ2v) is 4.66. The highest BCUT2D eigenvalue weighted by atomic mass is 35.5. The van der Waals surface area contributed by atoms with E-state index in [1.165, 1.54) is 11.3 Å². The van der Waals surface area contributed by atoms with E-state index in [9.17, 15) is 4.79 Å². The van der Waals surface area contributed by atoms with Crippen LogP contribution in [0.5, 0.6) is 0 Å². The summed E-state index contributed by atoms with van der Waals surface area (Å²) in [6, 6.07) is 7.44. The maximum Gasteiger partial charge on any atom is 0.224 e. The van der Waals surface area contributed by atoms with Crippen molar-refractivity contribution in [2.24, 2.45) is 5.73 Å². The summed E-state index contributed by atoms with van der Waals surface area (Å²) in [7, 11) is 0. The molecule has 0 saturated heterocycles. The number of rotatable bonds is 3. The number of thiazole rings is 1. The average molecular weight is 253 g/mol. The van der Waals surface area contributed by atoms with Crippen molar-refractivity contribution in [1.82, 2.24) is 4.98 Å². The molecular weight excluding hydrogens is 244 g/mol. The monoisotopic (exact) mass is 252 g/mol. The van der Waals surface area contributed by atoms with Crippen LogP contribution < -0.4 is 5.73 Å². The summed E-state index contributed by atoms with van der Waals surface area (Å²) in [5.74, 6) is -0.369. The first kappa shape index (κ1) is 11.1. The third kappa shape index (κ3) is 2.59. The molecule has 2 aromatic rings. The van der Waals surface area contributed by atoms with Crippen molar-refractivity contribution in [1.29, 1.82) is 0 Å². The van der Waals surface area contributed by atoms with E-state index in [2.05, 4.69) is 4.98 Å². The number of amides is 1. The minimum Gasteiger partial charge on any atom is -0.369 e. The van der Waals surface area contributed by atoms with Crippen molar-refractivity contribution < 1.29 is 4.79 Å². The molecule has 0 aliphatic carbocycles. The smallest absolute Gasteiger partial charge is 0.224 e. The van der Waals surface area contributed by atoms with E-state index in [1.54, 1.807) is 0 Å². The fourth-order valence-corrected chi connectivity index (χ4v) is 2.32. The first-order valence-electron chi connectivity index (χ1n) is 4.64. The van der Waals surface area contributed by atoms with Gasteiger partial charge in [0.2, 0.25) is 5.91 Å². The first-order valence-corrected chi connectivity index (χ1v) is 5.89. The van der Waals surface area contributed by atoms with Gasteiger partial charge in [-0.15, -0.1) is 11.3 Å². The molecule has 0 atom stereocenters. The minimum absolute atomic E-state index is 0.186. The molecular formula is C11H9ClN2OS. The fraction of sp³-hybridized carbons (Fsp3) is 0.0909. The van der Waals surface area contributed by atoms with Gasteiger partial charge >= 0.3 is 0 Å². The SMILES string of the molecule is NC(=O)Cc1nc(-c2cccc(Cl)c2)cs1. The zero-order valence-electron chi connectivity index (χ0n) is 8.31. The van der Waals surface area contributed by atoms with Gasteiger partial charge in [-0.3, -0.25) is 4.79 Å². The number of nitrogens with two attached hydrogens (primary N) is 1. The molecule has 1 amide bonds. The third-order valence-corrected chi connectivity index (χ3v) is 3.08. The molecule has 1 aromatic carbocycles. The van der Waals surface area contributed by atoms with E-state index < -0.39 is 0 Å². The number of nitrogens with zero attached hydrogens (tertiary/aromatic N) is 1. The highest BCUT2D eigenvalue weighted by Gasteiger charge is 2.06. The number of aromatic nitrogens is 1. The van der Waals surface area contributed by atoms with E-state index in [0.29, 0.717) is 5.02 Å². The van der Waals surface area contributed by atoms with Crippen molar-refractivity contribution in [2.45, 2.75) is 6.42 Å². The molecule has 0 aliphatic heterocycles. The number of primary amides is 1. The molecule has 0 saturated carbocycles. The number of carbonyl (C=O) groups excluding carboxylic acids is 1. The molecule has 0 aliphatic rings.